The largest absolute Gasteiger partial charge is 0.474 e. The Kier molecular flexibility index (Phi) is 4.83. The predicted molar refractivity (Wildman–Crippen MR) is 85.8 cm³/mol. The summed E-state index contributed by atoms with van der Waals surface area (Å²) in [6.07, 6.45) is 7.80. The Hall–Kier alpha value is -2.77. The number of carbonyl (C=O) groups excluding carboxylic acids is 2. The molecular weight excluding hydrogens is 310 g/mol. The minimum atomic E-state index is -0.277. The van der Waals surface area contributed by atoms with Crippen molar-refractivity contribution in [2.75, 3.05) is 5.32 Å². The van der Waals surface area contributed by atoms with Crippen LogP contribution in [-0.4, -0.2) is 37.8 Å². The summed E-state index contributed by atoms with van der Waals surface area (Å²) < 4.78 is 7.09. The normalized spacial score (nSPS) is 14.5. The number of nitrogens with zero attached hydrogens (tertiary/aromatic N) is 4. The number of anilines is 1. The van der Waals surface area contributed by atoms with Gasteiger partial charge in [0.1, 0.15) is 18.3 Å². The van der Waals surface area contributed by atoms with Crippen LogP contribution >= 0.6 is 0 Å². The van der Waals surface area contributed by atoms with Gasteiger partial charge in [0.2, 0.25) is 11.8 Å². The van der Waals surface area contributed by atoms with E-state index >= 15 is 0 Å². The summed E-state index contributed by atoms with van der Waals surface area (Å²) >= 11 is 0. The smallest absolute Gasteiger partial charge is 0.246 e. The fraction of sp³-hybridized carbons (Fsp3) is 0.438. The highest BCUT2D eigenvalue weighted by Crippen LogP contribution is 2.23. The number of hydrogen-bond acceptors (Lipinski definition) is 6. The zero-order valence-corrected chi connectivity index (χ0v) is 13.4. The van der Waals surface area contributed by atoms with E-state index in [-0.39, 0.29) is 30.0 Å². The quantitative estimate of drug-likeness (QED) is 0.812. The van der Waals surface area contributed by atoms with E-state index in [4.69, 9.17) is 4.74 Å². The molecule has 8 nitrogen and oxygen atoms in total. The van der Waals surface area contributed by atoms with Crippen LogP contribution in [0.5, 0.6) is 5.88 Å². The van der Waals surface area contributed by atoms with E-state index in [1.54, 1.807) is 18.3 Å². The minimum Gasteiger partial charge on any atom is -0.474 e. The monoisotopic (exact) mass is 329 g/mol. The van der Waals surface area contributed by atoms with Crippen molar-refractivity contribution in [3.8, 4) is 5.88 Å². The third-order valence-corrected chi connectivity index (χ3v) is 3.81. The highest BCUT2D eigenvalue weighted by Gasteiger charge is 2.17. The molecule has 0 spiro atoms. The number of rotatable bonds is 6. The van der Waals surface area contributed by atoms with Gasteiger partial charge in [0.25, 0.3) is 0 Å². The summed E-state index contributed by atoms with van der Waals surface area (Å²) in [6, 6.07) is 3.49. The molecule has 2 aromatic rings. The Balaban J connectivity index is 1.52. The molecule has 0 saturated heterocycles. The van der Waals surface area contributed by atoms with E-state index in [2.05, 4.69) is 20.6 Å². The van der Waals surface area contributed by atoms with E-state index < -0.39 is 0 Å². The zero-order valence-electron chi connectivity index (χ0n) is 13.4. The fourth-order valence-corrected chi connectivity index (χ4v) is 2.59. The average Bonchev–Trinajstić information content (AvgIpc) is 3.21. The molecule has 0 unspecified atom stereocenters. The molecule has 0 aliphatic heterocycles. The van der Waals surface area contributed by atoms with Gasteiger partial charge in [0.15, 0.2) is 5.78 Å². The van der Waals surface area contributed by atoms with Crippen molar-refractivity contribution in [1.82, 2.24) is 20.0 Å². The lowest BCUT2D eigenvalue weighted by molar-refractivity contribution is -0.116. The maximum absolute atomic E-state index is 12.0. The summed E-state index contributed by atoms with van der Waals surface area (Å²) in [4.78, 5) is 27.3. The first-order chi connectivity index (χ1) is 11.6. The van der Waals surface area contributed by atoms with Crippen molar-refractivity contribution in [3.05, 3.63) is 30.2 Å². The van der Waals surface area contributed by atoms with Crippen LogP contribution in [0.2, 0.25) is 0 Å². The molecule has 1 saturated carbocycles. The van der Waals surface area contributed by atoms with Crippen molar-refractivity contribution in [2.24, 2.45) is 0 Å². The van der Waals surface area contributed by atoms with E-state index in [9.17, 15) is 9.59 Å². The van der Waals surface area contributed by atoms with Crippen LogP contribution in [0.1, 0.15) is 43.1 Å². The van der Waals surface area contributed by atoms with Crippen LogP contribution in [0, 0.1) is 0 Å². The van der Waals surface area contributed by atoms with Crippen molar-refractivity contribution >= 4 is 17.4 Å². The number of ketones is 1. The Bertz CT molecular complexity index is 720. The molecule has 0 aromatic carbocycles. The maximum Gasteiger partial charge on any atom is 0.246 e. The summed E-state index contributed by atoms with van der Waals surface area (Å²) in [7, 11) is 0. The molecule has 8 heteroatoms. The Morgan fingerprint density at radius 3 is 2.75 bits per heavy atom. The van der Waals surface area contributed by atoms with Crippen molar-refractivity contribution in [1.29, 1.82) is 0 Å². The summed E-state index contributed by atoms with van der Waals surface area (Å²) in [5.74, 6) is 0.104. The molecule has 1 aliphatic carbocycles. The number of ether oxygens (including phenoxy) is 1. The number of aromatic nitrogens is 4. The third kappa shape index (κ3) is 4.15. The van der Waals surface area contributed by atoms with Gasteiger partial charge in [0, 0.05) is 13.0 Å². The molecule has 126 valence electrons. The summed E-state index contributed by atoms with van der Waals surface area (Å²) in [5.41, 5.74) is 0.809. The second kappa shape index (κ2) is 7.20. The number of amides is 1. The predicted octanol–water partition coefficient (Wildman–Crippen LogP) is 1.84. The number of nitrogens with one attached hydrogen (secondary N) is 1. The number of Topliss-reactive ketones (excluding diaryl/α,β-unsaturated/α-hetero) is 1. The second-order valence-corrected chi connectivity index (χ2v) is 5.82. The van der Waals surface area contributed by atoms with Crippen LogP contribution < -0.4 is 10.1 Å². The highest BCUT2D eigenvalue weighted by molar-refractivity contribution is 5.92. The van der Waals surface area contributed by atoms with Crippen LogP contribution in [-0.2, 0) is 11.3 Å². The zero-order chi connectivity index (χ0) is 16.9. The van der Waals surface area contributed by atoms with Crippen molar-refractivity contribution in [3.63, 3.8) is 0 Å². The molecule has 2 heterocycles. The first-order valence-corrected chi connectivity index (χ1v) is 7.94. The molecule has 1 N–H and O–H groups in total. The maximum atomic E-state index is 12.0. The van der Waals surface area contributed by atoms with Gasteiger partial charge >= 0.3 is 0 Å². The van der Waals surface area contributed by atoms with Crippen LogP contribution in [0.25, 0.3) is 0 Å². The Morgan fingerprint density at radius 2 is 2.12 bits per heavy atom. The third-order valence-electron chi connectivity index (χ3n) is 3.81. The molecule has 0 bridgehead atoms. The van der Waals surface area contributed by atoms with E-state index in [1.807, 2.05) is 0 Å². The van der Waals surface area contributed by atoms with Gasteiger partial charge in [-0.3, -0.25) is 9.59 Å². The molecule has 2 aromatic heterocycles. The van der Waals surface area contributed by atoms with Gasteiger partial charge in [-0.25, -0.2) is 9.67 Å². The first-order valence-electron chi connectivity index (χ1n) is 7.94. The molecule has 1 amide bonds. The Morgan fingerprint density at radius 1 is 1.33 bits per heavy atom. The molecule has 0 atom stereocenters. The number of hydrogen-bond donors (Lipinski definition) is 1. The standard InChI is InChI=1S/C16H19N5O3/c1-11(22)14-9-21(20-19-14)10-15(23)18-12-6-7-16(17-8-12)24-13-4-2-3-5-13/h6-9,13H,2-5,10H2,1H3,(H,18,23). The van der Waals surface area contributed by atoms with Crippen molar-refractivity contribution in [2.45, 2.75) is 45.3 Å². The fourth-order valence-electron chi connectivity index (χ4n) is 2.59. The van der Waals surface area contributed by atoms with Crippen molar-refractivity contribution < 1.29 is 14.3 Å². The van der Waals surface area contributed by atoms with Gasteiger partial charge < -0.3 is 10.1 Å². The van der Waals surface area contributed by atoms with E-state index in [0.29, 0.717) is 11.6 Å². The lowest BCUT2D eigenvalue weighted by atomic mass is 10.3. The highest BCUT2D eigenvalue weighted by atomic mass is 16.5. The average molecular weight is 329 g/mol. The van der Waals surface area contributed by atoms with E-state index in [0.717, 1.165) is 12.8 Å². The molecule has 3 rings (SSSR count). The SMILES string of the molecule is CC(=O)c1cn(CC(=O)Nc2ccc(OC3CCCC3)nc2)nn1. The first kappa shape index (κ1) is 16.1. The number of carbonyl (C=O) groups is 2. The van der Waals surface area contributed by atoms with Crippen LogP contribution in [0.15, 0.2) is 24.5 Å². The van der Waals surface area contributed by atoms with Gasteiger partial charge in [0.05, 0.1) is 18.1 Å². The molecule has 0 radical (unpaired) electrons. The van der Waals surface area contributed by atoms with Gasteiger partial charge in [-0.1, -0.05) is 5.21 Å². The van der Waals surface area contributed by atoms with E-state index in [1.165, 1.54) is 30.6 Å². The van der Waals surface area contributed by atoms with Crippen LogP contribution in [0.4, 0.5) is 5.69 Å². The molecule has 1 aliphatic rings. The lowest BCUT2D eigenvalue weighted by Gasteiger charge is -2.12. The topological polar surface area (TPSA) is 99.0 Å². The second-order valence-electron chi connectivity index (χ2n) is 5.82. The minimum absolute atomic E-state index is 0.0272. The Labute approximate surface area is 139 Å². The molecule has 24 heavy (non-hydrogen) atoms. The van der Waals surface area contributed by atoms with Gasteiger partial charge in [-0.2, -0.15) is 0 Å². The summed E-state index contributed by atoms with van der Waals surface area (Å²) in [5, 5.41) is 10.1. The molecule has 1 fully saturated rings. The van der Waals surface area contributed by atoms with Crippen LogP contribution in [0.3, 0.4) is 0 Å². The summed E-state index contributed by atoms with van der Waals surface area (Å²) in [6.45, 7) is 1.37. The lowest BCUT2D eigenvalue weighted by Crippen LogP contribution is -2.19. The molecular formula is C16H19N5O3. The van der Waals surface area contributed by atoms with Gasteiger partial charge in [-0.15, -0.1) is 5.10 Å². The number of pyridine rings is 1. The van der Waals surface area contributed by atoms with Gasteiger partial charge in [-0.05, 0) is 31.7 Å².